The van der Waals surface area contributed by atoms with Crippen LogP contribution < -0.4 is 9.47 Å². The van der Waals surface area contributed by atoms with Gasteiger partial charge in [-0.1, -0.05) is 46.4 Å². The molecule has 59 heavy (non-hydrogen) atoms. The Morgan fingerprint density at radius 3 is 1.56 bits per heavy atom. The molecule has 0 spiro atoms. The van der Waals surface area contributed by atoms with Crippen molar-refractivity contribution in [2.45, 2.75) is 41.5 Å². The molecule has 12 nitrogen and oxygen atoms in total. The minimum Gasteiger partial charge on any atom is -0.497 e. The average Bonchev–Trinajstić information content (AvgIpc) is 3.23. The molecule has 0 N–H and O–H groups in total. The van der Waals surface area contributed by atoms with Crippen molar-refractivity contribution in [2.24, 2.45) is 10.3 Å². The van der Waals surface area contributed by atoms with Crippen LogP contribution in [0, 0.1) is 51.9 Å². The molecule has 6 aromatic heterocycles. The summed E-state index contributed by atoms with van der Waals surface area (Å²) in [5, 5.41) is 7.90. The maximum absolute atomic E-state index is 5.31. The van der Waals surface area contributed by atoms with Crippen LogP contribution in [-0.2, 0) is 9.68 Å². The highest BCUT2D eigenvalue weighted by Crippen LogP contribution is 2.23. The predicted octanol–water partition coefficient (Wildman–Crippen LogP) is 8.94. The second kappa shape index (κ2) is 23.3. The molecule has 6 heterocycles. The number of nitrogens with zero attached hydrogens (tertiary/aromatic N) is 8. The van der Waals surface area contributed by atoms with Gasteiger partial charge in [0.15, 0.2) is 13.2 Å². The molecule has 0 radical (unpaired) electrons. The Labute approximate surface area is 354 Å². The minimum atomic E-state index is 0.158. The largest absolute Gasteiger partial charge is 0.497 e. The number of oxime groups is 2. The fraction of sp³-hybridized carbons (Fsp3) is 0.217. The van der Waals surface area contributed by atoms with Crippen molar-refractivity contribution in [3.05, 3.63) is 142 Å². The quantitative estimate of drug-likeness (QED) is 0.0432. The Morgan fingerprint density at radius 1 is 0.576 bits per heavy atom. The van der Waals surface area contributed by atoms with E-state index in [0.29, 0.717) is 11.4 Å². The van der Waals surface area contributed by atoms with Crippen molar-refractivity contribution in [3.8, 4) is 58.5 Å². The smallest absolute Gasteiger partial charge is 0.177 e. The molecule has 0 saturated carbocycles. The third-order valence-electron chi connectivity index (χ3n) is 7.74. The molecule has 0 aromatic carbocycles. The first-order chi connectivity index (χ1) is 28.5. The SMILES string of the molecule is C#CCO/N=C(\C)c1cccc(C)n1.COc1cc(C)nc(-c2cccc(Br)n2)c1.COc1cc(C)nc(-c2cccc(C#CCO/N=C(\C)c3cccc(C)n3)n2)c1. The topological polar surface area (TPSA) is 139 Å². The van der Waals surface area contributed by atoms with Gasteiger partial charge in [0.25, 0.3) is 0 Å². The van der Waals surface area contributed by atoms with E-state index in [1.165, 1.54) is 0 Å². The van der Waals surface area contributed by atoms with Gasteiger partial charge < -0.3 is 19.1 Å². The van der Waals surface area contributed by atoms with Crippen molar-refractivity contribution in [1.82, 2.24) is 29.9 Å². The Morgan fingerprint density at radius 2 is 1.07 bits per heavy atom. The summed E-state index contributed by atoms with van der Waals surface area (Å²) in [6, 6.07) is 30.4. The number of methoxy groups -OCH3 is 2. The summed E-state index contributed by atoms with van der Waals surface area (Å²) in [5.41, 5.74) is 10.4. The minimum absolute atomic E-state index is 0.158. The van der Waals surface area contributed by atoms with Crippen molar-refractivity contribution in [3.63, 3.8) is 0 Å². The Hall–Kier alpha value is -6.96. The number of halogens is 1. The molecule has 0 bridgehead atoms. The van der Waals surface area contributed by atoms with Crippen LogP contribution in [0.5, 0.6) is 11.5 Å². The van der Waals surface area contributed by atoms with E-state index in [2.05, 4.69) is 73.9 Å². The van der Waals surface area contributed by atoms with E-state index in [0.717, 1.165) is 78.8 Å². The summed E-state index contributed by atoms with van der Waals surface area (Å²) in [4.78, 5) is 36.7. The highest BCUT2D eigenvalue weighted by atomic mass is 79.9. The molecule has 0 saturated heterocycles. The van der Waals surface area contributed by atoms with Gasteiger partial charge in [0.2, 0.25) is 0 Å². The van der Waals surface area contributed by atoms with E-state index in [1.54, 1.807) is 14.2 Å². The van der Waals surface area contributed by atoms with Gasteiger partial charge in [0, 0.05) is 47.0 Å². The van der Waals surface area contributed by atoms with Crippen LogP contribution in [0.4, 0.5) is 0 Å². The van der Waals surface area contributed by atoms with Crippen LogP contribution in [-0.4, -0.2) is 68.8 Å². The first-order valence-electron chi connectivity index (χ1n) is 18.3. The molecule has 13 heteroatoms. The molecule has 0 aliphatic heterocycles. The molecular weight excluding hydrogens is 808 g/mol. The standard InChI is InChI=1S/C23H22N4O2.C12H11BrN2O.C11H12N2O/c1-16-8-5-11-21(24-16)18(3)27-29-13-7-10-19-9-6-12-22(26-19)23-15-20(28-4)14-17(2)25-23;1-8-6-9(16-2)7-11(14-8)10-4-3-5-12(13)15-10;1-4-8-14-13-10(3)11-7-5-6-9(2)12-11/h5-6,8-9,11-12,14-15H,13H2,1-4H3;3-7H,1-2H3;1,5-7H,8H2,2-3H3/b27-18+;;13-10+. The van der Waals surface area contributed by atoms with Crippen LogP contribution in [0.15, 0.2) is 112 Å². The highest BCUT2D eigenvalue weighted by molar-refractivity contribution is 9.10. The van der Waals surface area contributed by atoms with Gasteiger partial charge in [-0.3, -0.25) is 19.9 Å². The van der Waals surface area contributed by atoms with Gasteiger partial charge in [-0.2, -0.15) is 0 Å². The molecule has 0 aliphatic rings. The number of terminal acetylenes is 1. The van der Waals surface area contributed by atoms with Crippen LogP contribution in [0.2, 0.25) is 0 Å². The van der Waals surface area contributed by atoms with E-state index >= 15 is 0 Å². The molecule has 0 fully saturated rings. The van der Waals surface area contributed by atoms with Crippen molar-refractivity contribution >= 4 is 27.4 Å². The van der Waals surface area contributed by atoms with Gasteiger partial charge in [0.1, 0.15) is 33.2 Å². The number of aryl methyl sites for hydroxylation is 4. The van der Waals surface area contributed by atoms with Gasteiger partial charge in [-0.05, 0) is 112 Å². The summed E-state index contributed by atoms with van der Waals surface area (Å²) < 4.78 is 11.3. The highest BCUT2D eigenvalue weighted by Gasteiger charge is 2.07. The first-order valence-corrected chi connectivity index (χ1v) is 19.1. The summed E-state index contributed by atoms with van der Waals surface area (Å²) in [5.74, 6) is 9.79. The van der Waals surface area contributed by atoms with E-state index in [4.69, 9.17) is 25.6 Å². The maximum Gasteiger partial charge on any atom is 0.177 e. The van der Waals surface area contributed by atoms with Gasteiger partial charge in [-0.25, -0.2) is 9.97 Å². The van der Waals surface area contributed by atoms with Crippen LogP contribution in [0.25, 0.3) is 22.8 Å². The first kappa shape index (κ1) is 44.8. The summed E-state index contributed by atoms with van der Waals surface area (Å²) in [7, 11) is 3.28. The van der Waals surface area contributed by atoms with Crippen LogP contribution >= 0.6 is 15.9 Å². The fourth-order valence-electron chi connectivity index (χ4n) is 5.01. The maximum atomic E-state index is 5.31. The zero-order valence-corrected chi connectivity index (χ0v) is 35.9. The lowest BCUT2D eigenvalue weighted by Crippen LogP contribution is -2.00. The molecule has 6 rings (SSSR count). The van der Waals surface area contributed by atoms with Crippen molar-refractivity contribution in [2.75, 3.05) is 27.4 Å². The average molecular weight is 854 g/mol. The number of rotatable bonds is 10. The Balaban J connectivity index is 0.000000216. The Bertz CT molecular complexity index is 2510. The van der Waals surface area contributed by atoms with Crippen LogP contribution in [0.3, 0.4) is 0 Å². The van der Waals surface area contributed by atoms with E-state index in [1.807, 2.05) is 139 Å². The number of pyridine rings is 6. The number of aromatic nitrogens is 6. The number of hydrogen-bond acceptors (Lipinski definition) is 12. The molecular formula is C46H45BrN8O4. The Kier molecular flexibility index (Phi) is 17.7. The lowest BCUT2D eigenvalue weighted by molar-refractivity contribution is 0.179. The third kappa shape index (κ3) is 15.1. The monoisotopic (exact) mass is 852 g/mol. The van der Waals surface area contributed by atoms with Gasteiger partial charge in [0.05, 0.1) is 48.4 Å². The lowest BCUT2D eigenvalue weighted by atomic mass is 10.2. The van der Waals surface area contributed by atoms with Crippen LogP contribution in [0.1, 0.15) is 53.7 Å². The molecule has 0 atom stereocenters. The zero-order chi connectivity index (χ0) is 42.6. The third-order valence-corrected chi connectivity index (χ3v) is 8.18. The van der Waals surface area contributed by atoms with E-state index in [-0.39, 0.29) is 13.2 Å². The lowest BCUT2D eigenvalue weighted by Gasteiger charge is -2.05. The van der Waals surface area contributed by atoms with E-state index < -0.39 is 0 Å². The summed E-state index contributed by atoms with van der Waals surface area (Å²) in [6.07, 6.45) is 5.02. The molecule has 0 unspecified atom stereocenters. The number of hydrogen-bond donors (Lipinski definition) is 0. The fourth-order valence-corrected chi connectivity index (χ4v) is 5.35. The van der Waals surface area contributed by atoms with Gasteiger partial charge in [-0.15, -0.1) is 6.42 Å². The molecule has 0 amide bonds. The second-order valence-corrected chi connectivity index (χ2v) is 13.4. The van der Waals surface area contributed by atoms with Crippen molar-refractivity contribution < 1.29 is 19.1 Å². The molecule has 6 aromatic rings. The molecule has 300 valence electrons. The summed E-state index contributed by atoms with van der Waals surface area (Å²) >= 11 is 3.34. The van der Waals surface area contributed by atoms with Crippen molar-refractivity contribution in [1.29, 1.82) is 0 Å². The normalized spacial score (nSPS) is 10.6. The molecule has 0 aliphatic carbocycles. The number of ether oxygens (including phenoxy) is 2. The van der Waals surface area contributed by atoms with E-state index in [9.17, 15) is 0 Å². The van der Waals surface area contributed by atoms with Gasteiger partial charge >= 0.3 is 0 Å². The zero-order valence-electron chi connectivity index (χ0n) is 34.3. The summed E-state index contributed by atoms with van der Waals surface area (Å²) in [6.45, 7) is 11.7. The predicted molar refractivity (Wildman–Crippen MR) is 235 cm³/mol. The second-order valence-electron chi connectivity index (χ2n) is 12.6.